The van der Waals surface area contributed by atoms with Gasteiger partial charge in [-0.05, 0) is 43.4 Å². The molecule has 0 aromatic carbocycles. The van der Waals surface area contributed by atoms with Crippen molar-refractivity contribution in [3.05, 3.63) is 0 Å². The van der Waals surface area contributed by atoms with Gasteiger partial charge in [0.15, 0.2) is 0 Å². The standard InChI is InChI=1S/C20H35NO5/c1-14(2)16-7-6-15(3)10-17(16)26-11-18(22)21-9-5-8-20(12-21,13-25-4)19(23)24/h14-17H,5-13H2,1-4H3,(H,23,24). The first-order valence-corrected chi connectivity index (χ1v) is 9.91. The number of piperidine rings is 1. The van der Waals surface area contributed by atoms with Gasteiger partial charge >= 0.3 is 5.97 Å². The van der Waals surface area contributed by atoms with Crippen molar-refractivity contribution in [2.45, 2.75) is 59.0 Å². The number of carbonyl (C=O) groups excluding carboxylic acids is 1. The fraction of sp³-hybridized carbons (Fsp3) is 0.900. The highest BCUT2D eigenvalue weighted by atomic mass is 16.5. The number of carbonyl (C=O) groups is 2. The first kappa shape index (κ1) is 21.2. The summed E-state index contributed by atoms with van der Waals surface area (Å²) in [5.41, 5.74) is -0.998. The summed E-state index contributed by atoms with van der Waals surface area (Å²) in [7, 11) is 1.50. The van der Waals surface area contributed by atoms with E-state index in [0.29, 0.717) is 37.1 Å². The number of hydrogen-bond donors (Lipinski definition) is 1. The third-order valence-electron chi connectivity index (χ3n) is 6.19. The summed E-state index contributed by atoms with van der Waals surface area (Å²) in [6, 6.07) is 0. The predicted octanol–water partition coefficient (Wildman–Crippen LogP) is 2.80. The molecule has 26 heavy (non-hydrogen) atoms. The SMILES string of the molecule is COCC1(C(=O)O)CCCN(C(=O)COC2CC(C)CCC2C(C)C)C1. The Balaban J connectivity index is 1.95. The van der Waals surface area contributed by atoms with Crippen LogP contribution in [0.3, 0.4) is 0 Å². The van der Waals surface area contributed by atoms with Crippen LogP contribution in [0.4, 0.5) is 0 Å². The molecule has 6 heteroatoms. The van der Waals surface area contributed by atoms with Gasteiger partial charge in [-0.2, -0.15) is 0 Å². The number of likely N-dealkylation sites (tertiary alicyclic amines) is 1. The van der Waals surface area contributed by atoms with Crippen LogP contribution in [0.5, 0.6) is 0 Å². The fourth-order valence-corrected chi connectivity index (χ4v) is 4.55. The van der Waals surface area contributed by atoms with Crippen molar-refractivity contribution in [1.29, 1.82) is 0 Å². The Morgan fingerprint density at radius 3 is 2.65 bits per heavy atom. The maximum absolute atomic E-state index is 12.7. The van der Waals surface area contributed by atoms with Crippen molar-refractivity contribution in [1.82, 2.24) is 4.90 Å². The molecule has 2 rings (SSSR count). The van der Waals surface area contributed by atoms with Crippen LogP contribution in [0.1, 0.15) is 52.9 Å². The first-order valence-electron chi connectivity index (χ1n) is 9.91. The summed E-state index contributed by atoms with van der Waals surface area (Å²) in [5, 5.41) is 9.63. The third kappa shape index (κ3) is 4.97. The van der Waals surface area contributed by atoms with Gasteiger partial charge in [-0.1, -0.05) is 27.2 Å². The van der Waals surface area contributed by atoms with E-state index in [2.05, 4.69) is 20.8 Å². The van der Waals surface area contributed by atoms with E-state index in [1.54, 1.807) is 4.90 Å². The molecule has 0 spiro atoms. The molecule has 1 amide bonds. The highest BCUT2D eigenvalue weighted by molar-refractivity contribution is 5.80. The minimum Gasteiger partial charge on any atom is -0.481 e. The minimum atomic E-state index is -0.998. The van der Waals surface area contributed by atoms with Crippen molar-refractivity contribution in [2.24, 2.45) is 23.2 Å². The number of amides is 1. The molecule has 1 saturated heterocycles. The number of hydrogen-bond acceptors (Lipinski definition) is 4. The lowest BCUT2D eigenvalue weighted by molar-refractivity contribution is -0.161. The molecule has 1 heterocycles. The van der Waals surface area contributed by atoms with Gasteiger partial charge in [0.1, 0.15) is 12.0 Å². The van der Waals surface area contributed by atoms with Gasteiger partial charge in [-0.3, -0.25) is 9.59 Å². The number of aliphatic carboxylic acids is 1. The smallest absolute Gasteiger partial charge is 0.313 e. The van der Waals surface area contributed by atoms with Crippen LogP contribution >= 0.6 is 0 Å². The second kappa shape index (κ2) is 9.18. The zero-order valence-corrected chi connectivity index (χ0v) is 16.7. The second-order valence-electron chi connectivity index (χ2n) is 8.61. The topological polar surface area (TPSA) is 76.1 Å². The molecule has 1 saturated carbocycles. The molecule has 0 aromatic heterocycles. The molecule has 4 unspecified atom stereocenters. The zero-order valence-electron chi connectivity index (χ0n) is 16.7. The Kier molecular flexibility index (Phi) is 7.47. The molecule has 1 N–H and O–H groups in total. The molecule has 150 valence electrons. The van der Waals surface area contributed by atoms with E-state index in [1.165, 1.54) is 13.5 Å². The zero-order chi connectivity index (χ0) is 19.3. The van der Waals surface area contributed by atoms with Gasteiger partial charge in [0.25, 0.3) is 0 Å². The molecule has 0 bridgehead atoms. The summed E-state index contributed by atoms with van der Waals surface area (Å²) in [4.78, 5) is 26.1. The lowest BCUT2D eigenvalue weighted by Crippen LogP contribution is -2.53. The molecule has 1 aliphatic heterocycles. The summed E-state index contributed by atoms with van der Waals surface area (Å²) >= 11 is 0. The van der Waals surface area contributed by atoms with Crippen LogP contribution in [0.25, 0.3) is 0 Å². The van der Waals surface area contributed by atoms with E-state index >= 15 is 0 Å². The highest BCUT2D eigenvalue weighted by Crippen LogP contribution is 2.35. The van der Waals surface area contributed by atoms with E-state index < -0.39 is 11.4 Å². The van der Waals surface area contributed by atoms with E-state index in [4.69, 9.17) is 9.47 Å². The summed E-state index contributed by atoms with van der Waals surface area (Å²) in [6.45, 7) is 7.64. The van der Waals surface area contributed by atoms with Crippen LogP contribution < -0.4 is 0 Å². The van der Waals surface area contributed by atoms with Crippen LogP contribution in [-0.4, -0.2) is 61.4 Å². The second-order valence-corrected chi connectivity index (χ2v) is 8.61. The number of ether oxygens (including phenoxy) is 2. The van der Waals surface area contributed by atoms with Gasteiger partial charge in [0.05, 0.1) is 12.7 Å². The lowest BCUT2D eigenvalue weighted by atomic mass is 9.75. The van der Waals surface area contributed by atoms with E-state index in [9.17, 15) is 14.7 Å². The normalized spacial score (nSPS) is 32.7. The van der Waals surface area contributed by atoms with Crippen molar-refractivity contribution in [3.63, 3.8) is 0 Å². The van der Waals surface area contributed by atoms with E-state index in [1.807, 2.05) is 0 Å². The molecular formula is C20H35NO5. The van der Waals surface area contributed by atoms with Crippen LogP contribution in [0.2, 0.25) is 0 Å². The predicted molar refractivity (Wildman–Crippen MR) is 98.8 cm³/mol. The van der Waals surface area contributed by atoms with Gasteiger partial charge in [0.2, 0.25) is 5.91 Å². The number of nitrogens with zero attached hydrogens (tertiary/aromatic N) is 1. The molecule has 0 radical (unpaired) electrons. The van der Waals surface area contributed by atoms with Crippen LogP contribution in [0.15, 0.2) is 0 Å². The molecule has 2 fully saturated rings. The molecular weight excluding hydrogens is 334 g/mol. The monoisotopic (exact) mass is 369 g/mol. The number of rotatable bonds is 7. The fourth-order valence-electron chi connectivity index (χ4n) is 4.55. The van der Waals surface area contributed by atoms with Crippen LogP contribution in [-0.2, 0) is 19.1 Å². The number of carboxylic acid groups (broad SMARTS) is 1. The molecule has 6 nitrogen and oxygen atoms in total. The Morgan fingerprint density at radius 1 is 1.31 bits per heavy atom. The molecule has 4 atom stereocenters. The lowest BCUT2D eigenvalue weighted by Gasteiger charge is -2.40. The van der Waals surface area contributed by atoms with Crippen molar-refractivity contribution in [2.75, 3.05) is 33.4 Å². The van der Waals surface area contributed by atoms with E-state index in [-0.39, 0.29) is 31.8 Å². The molecule has 1 aliphatic carbocycles. The van der Waals surface area contributed by atoms with Gasteiger partial charge in [0, 0.05) is 20.2 Å². The number of carboxylic acids is 1. The minimum absolute atomic E-state index is 0.0449. The summed E-state index contributed by atoms with van der Waals surface area (Å²) in [5.74, 6) is 0.665. The molecule has 2 aliphatic rings. The first-order chi connectivity index (χ1) is 12.3. The van der Waals surface area contributed by atoms with Crippen molar-refractivity contribution in [3.8, 4) is 0 Å². The van der Waals surface area contributed by atoms with E-state index in [0.717, 1.165) is 12.8 Å². The Morgan fingerprint density at radius 2 is 2.04 bits per heavy atom. The average molecular weight is 370 g/mol. The molecule has 0 aromatic rings. The average Bonchev–Trinajstić information content (AvgIpc) is 2.59. The Bertz CT molecular complexity index is 491. The van der Waals surface area contributed by atoms with Gasteiger partial charge < -0.3 is 19.5 Å². The summed E-state index contributed by atoms with van der Waals surface area (Å²) < 4.78 is 11.2. The van der Waals surface area contributed by atoms with Gasteiger partial charge in [-0.25, -0.2) is 0 Å². The number of methoxy groups -OCH3 is 1. The van der Waals surface area contributed by atoms with Crippen LogP contribution in [0, 0.1) is 23.2 Å². The maximum Gasteiger partial charge on any atom is 0.313 e. The Hall–Kier alpha value is -1.14. The van der Waals surface area contributed by atoms with Gasteiger partial charge in [-0.15, -0.1) is 0 Å². The summed E-state index contributed by atoms with van der Waals surface area (Å²) in [6.07, 6.45) is 4.71. The van der Waals surface area contributed by atoms with Crippen molar-refractivity contribution >= 4 is 11.9 Å². The Labute approximate surface area is 157 Å². The quantitative estimate of drug-likeness (QED) is 0.747. The third-order valence-corrected chi connectivity index (χ3v) is 6.19. The largest absolute Gasteiger partial charge is 0.481 e. The van der Waals surface area contributed by atoms with Crippen molar-refractivity contribution < 1.29 is 24.2 Å². The highest BCUT2D eigenvalue weighted by Gasteiger charge is 2.44. The maximum atomic E-state index is 12.7.